The van der Waals surface area contributed by atoms with Gasteiger partial charge in [-0.15, -0.1) is 0 Å². The monoisotopic (exact) mass is 617 g/mol. The van der Waals surface area contributed by atoms with Crippen molar-refractivity contribution in [1.82, 2.24) is 24.9 Å². The summed E-state index contributed by atoms with van der Waals surface area (Å²) in [6.07, 6.45) is 0. The van der Waals surface area contributed by atoms with Crippen LogP contribution in [0.15, 0.2) is 140 Å². The zero-order valence-electron chi connectivity index (χ0n) is 22.9. The standard InChI is InChI=1S/C37H23N5Se/c1-4-12-24(13-5-1)34-40-35(25-14-6-2-7-15-25)42-36(41-34)32-21-11-20-30(38-32)28-18-10-19-29-27(28)22-23-31-33(29)43-37(39-31)26-16-8-3-9-17-26/h1-23H. The second kappa shape index (κ2) is 10.8. The van der Waals surface area contributed by atoms with Crippen LogP contribution in [0.2, 0.25) is 0 Å². The van der Waals surface area contributed by atoms with Gasteiger partial charge in [0.05, 0.1) is 0 Å². The van der Waals surface area contributed by atoms with Crippen LogP contribution in [0.3, 0.4) is 0 Å². The number of fused-ring (bicyclic) bond motifs is 3. The second-order valence-electron chi connectivity index (χ2n) is 10.1. The number of benzene rings is 5. The molecule has 0 bridgehead atoms. The minimum absolute atomic E-state index is 0.122. The van der Waals surface area contributed by atoms with E-state index in [0.717, 1.165) is 27.9 Å². The molecule has 3 heterocycles. The summed E-state index contributed by atoms with van der Waals surface area (Å²) < 4.78 is 2.48. The van der Waals surface area contributed by atoms with Crippen molar-refractivity contribution in [3.8, 4) is 55.7 Å². The molecule has 0 radical (unpaired) electrons. The van der Waals surface area contributed by atoms with Crippen molar-refractivity contribution in [2.75, 3.05) is 0 Å². The van der Waals surface area contributed by atoms with Gasteiger partial charge in [-0.1, -0.05) is 36.4 Å². The van der Waals surface area contributed by atoms with E-state index in [1.54, 1.807) is 0 Å². The van der Waals surface area contributed by atoms with E-state index in [1.807, 2.05) is 78.9 Å². The Morgan fingerprint density at radius 1 is 0.372 bits per heavy atom. The Labute approximate surface area is 254 Å². The predicted molar refractivity (Wildman–Crippen MR) is 175 cm³/mol. The molecule has 0 spiro atoms. The quantitative estimate of drug-likeness (QED) is 0.182. The van der Waals surface area contributed by atoms with Gasteiger partial charge in [0.25, 0.3) is 0 Å². The summed E-state index contributed by atoms with van der Waals surface area (Å²) in [5.74, 6) is 1.78. The second-order valence-corrected chi connectivity index (χ2v) is 12.2. The molecule has 0 aliphatic rings. The van der Waals surface area contributed by atoms with Crippen molar-refractivity contribution in [3.05, 3.63) is 140 Å². The van der Waals surface area contributed by atoms with Crippen LogP contribution in [0.4, 0.5) is 0 Å². The molecule has 0 N–H and O–H groups in total. The number of pyridine rings is 1. The first-order valence-electron chi connectivity index (χ1n) is 14.0. The summed E-state index contributed by atoms with van der Waals surface area (Å²) in [7, 11) is 0. The molecule has 0 unspecified atom stereocenters. The maximum atomic E-state index is 5.11. The number of rotatable bonds is 5. The molecular formula is C37H23N5Se. The molecule has 0 atom stereocenters. The van der Waals surface area contributed by atoms with Crippen LogP contribution in [0, 0.1) is 0 Å². The summed E-state index contributed by atoms with van der Waals surface area (Å²) in [6, 6.07) is 47.3. The van der Waals surface area contributed by atoms with Crippen molar-refractivity contribution < 1.29 is 0 Å². The minimum atomic E-state index is 0.122. The summed E-state index contributed by atoms with van der Waals surface area (Å²) in [5, 5.41) is 2.40. The SMILES string of the molecule is c1ccc(-c2nc(-c3ccccc3)nc(-c3cccc(-c4cccc5c4ccc4nc(-c6ccccc6)[se]c45)n3)n2)cc1. The Kier molecular flexibility index (Phi) is 6.41. The topological polar surface area (TPSA) is 64.5 Å². The molecule has 5 aromatic carbocycles. The molecule has 0 amide bonds. The fraction of sp³-hybridized carbons (Fsp3) is 0. The van der Waals surface area contributed by atoms with Crippen LogP contribution in [-0.2, 0) is 0 Å². The van der Waals surface area contributed by atoms with Crippen molar-refractivity contribution in [2.45, 2.75) is 0 Å². The van der Waals surface area contributed by atoms with Crippen molar-refractivity contribution >= 4 is 35.1 Å². The van der Waals surface area contributed by atoms with Crippen molar-refractivity contribution in [2.24, 2.45) is 0 Å². The summed E-state index contributed by atoms with van der Waals surface area (Å²) in [5.41, 5.74) is 6.78. The van der Waals surface area contributed by atoms with E-state index >= 15 is 0 Å². The fourth-order valence-electron chi connectivity index (χ4n) is 5.30. The van der Waals surface area contributed by atoms with Crippen LogP contribution >= 0.6 is 0 Å². The predicted octanol–water partition coefficient (Wildman–Crippen LogP) is 8.36. The molecule has 0 saturated carbocycles. The van der Waals surface area contributed by atoms with Gasteiger partial charge in [0, 0.05) is 0 Å². The Bertz CT molecular complexity index is 2170. The van der Waals surface area contributed by atoms with Gasteiger partial charge in [-0.2, -0.15) is 0 Å². The van der Waals surface area contributed by atoms with E-state index in [1.165, 1.54) is 25.2 Å². The van der Waals surface area contributed by atoms with E-state index in [0.29, 0.717) is 23.2 Å². The molecule has 0 saturated heterocycles. The van der Waals surface area contributed by atoms with Gasteiger partial charge in [-0.25, -0.2) is 0 Å². The first-order chi connectivity index (χ1) is 21.3. The molecule has 43 heavy (non-hydrogen) atoms. The van der Waals surface area contributed by atoms with Crippen molar-refractivity contribution in [1.29, 1.82) is 0 Å². The van der Waals surface area contributed by atoms with Gasteiger partial charge in [0.15, 0.2) is 0 Å². The smallest absolute Gasteiger partial charge is 0.0615 e. The molecule has 8 aromatic rings. The third-order valence-corrected chi connectivity index (χ3v) is 9.81. The number of aromatic nitrogens is 5. The van der Waals surface area contributed by atoms with Gasteiger partial charge >= 0.3 is 219 Å². The average Bonchev–Trinajstić information content (AvgIpc) is 3.54. The summed E-state index contributed by atoms with van der Waals surface area (Å²) >= 11 is 0.122. The van der Waals surface area contributed by atoms with Crippen LogP contribution in [-0.4, -0.2) is 39.4 Å². The molecular weight excluding hydrogens is 593 g/mol. The molecule has 0 fully saturated rings. The Morgan fingerprint density at radius 2 is 0.953 bits per heavy atom. The van der Waals surface area contributed by atoms with Gasteiger partial charge in [-0.3, -0.25) is 0 Å². The third kappa shape index (κ3) is 4.83. The van der Waals surface area contributed by atoms with Crippen molar-refractivity contribution in [3.63, 3.8) is 0 Å². The van der Waals surface area contributed by atoms with Crippen LogP contribution in [0.25, 0.3) is 76.2 Å². The average molecular weight is 617 g/mol. The molecule has 202 valence electrons. The number of nitrogens with zero attached hydrogens (tertiary/aromatic N) is 5. The molecule has 5 nitrogen and oxygen atoms in total. The summed E-state index contributed by atoms with van der Waals surface area (Å²) in [6.45, 7) is 0. The van der Waals surface area contributed by atoms with Gasteiger partial charge in [0.1, 0.15) is 0 Å². The number of hydrogen-bond donors (Lipinski definition) is 0. The first-order valence-corrected chi connectivity index (χ1v) is 15.7. The Morgan fingerprint density at radius 3 is 1.63 bits per heavy atom. The first kappa shape index (κ1) is 25.4. The van der Waals surface area contributed by atoms with Gasteiger partial charge in [-0.05, 0) is 0 Å². The minimum Gasteiger partial charge on any atom is -0.0615 e. The molecule has 0 aliphatic heterocycles. The van der Waals surface area contributed by atoms with Crippen LogP contribution in [0.5, 0.6) is 0 Å². The number of hydrogen-bond acceptors (Lipinski definition) is 5. The maximum absolute atomic E-state index is 5.11. The Balaban J connectivity index is 1.26. The van der Waals surface area contributed by atoms with E-state index in [4.69, 9.17) is 24.9 Å². The van der Waals surface area contributed by atoms with E-state index in [2.05, 4.69) is 60.7 Å². The fourth-order valence-corrected chi connectivity index (χ4v) is 7.61. The molecule has 6 heteroatoms. The normalized spacial score (nSPS) is 11.3. The van der Waals surface area contributed by atoms with E-state index < -0.39 is 0 Å². The van der Waals surface area contributed by atoms with Gasteiger partial charge < -0.3 is 0 Å². The molecule has 8 rings (SSSR count). The van der Waals surface area contributed by atoms with E-state index in [9.17, 15) is 0 Å². The molecule has 0 aliphatic carbocycles. The van der Waals surface area contributed by atoms with Gasteiger partial charge in [0.2, 0.25) is 0 Å². The van der Waals surface area contributed by atoms with E-state index in [-0.39, 0.29) is 14.5 Å². The zero-order valence-corrected chi connectivity index (χ0v) is 24.6. The summed E-state index contributed by atoms with van der Waals surface area (Å²) in [4.78, 5) is 24.7. The van der Waals surface area contributed by atoms with Crippen LogP contribution in [0.1, 0.15) is 0 Å². The zero-order chi connectivity index (χ0) is 28.6. The molecule has 3 aromatic heterocycles. The van der Waals surface area contributed by atoms with Crippen LogP contribution < -0.4 is 0 Å². The Hall–Kier alpha value is -5.29. The third-order valence-electron chi connectivity index (χ3n) is 7.39.